The largest absolute Gasteiger partial charge is 0.467 e. The maximum atomic E-state index is 12.3. The molecule has 0 amide bonds. The SMILES string of the molecule is CCC(C(=O)OC)n1ccc2ccccc2c1=O. The lowest BCUT2D eigenvalue weighted by atomic mass is 10.1. The predicted molar refractivity (Wildman–Crippen MR) is 69.6 cm³/mol. The molecular weight excluding hydrogens is 230 g/mol. The molecule has 0 fully saturated rings. The van der Waals surface area contributed by atoms with Crippen molar-refractivity contribution in [1.29, 1.82) is 0 Å². The van der Waals surface area contributed by atoms with E-state index in [1.807, 2.05) is 31.2 Å². The molecular formula is C14H15NO3. The molecule has 0 bridgehead atoms. The van der Waals surface area contributed by atoms with E-state index in [9.17, 15) is 9.59 Å². The van der Waals surface area contributed by atoms with Gasteiger partial charge in [-0.15, -0.1) is 0 Å². The fourth-order valence-electron chi connectivity index (χ4n) is 2.06. The summed E-state index contributed by atoms with van der Waals surface area (Å²) in [5.74, 6) is -0.394. The van der Waals surface area contributed by atoms with Crippen molar-refractivity contribution >= 4 is 16.7 Å². The smallest absolute Gasteiger partial charge is 0.328 e. The van der Waals surface area contributed by atoms with Crippen molar-refractivity contribution in [2.45, 2.75) is 19.4 Å². The fraction of sp³-hybridized carbons (Fsp3) is 0.286. The molecule has 1 heterocycles. The monoisotopic (exact) mass is 245 g/mol. The van der Waals surface area contributed by atoms with Crippen molar-refractivity contribution in [3.05, 3.63) is 46.9 Å². The molecule has 2 aromatic rings. The molecule has 0 saturated carbocycles. The van der Waals surface area contributed by atoms with Crippen LogP contribution in [0.25, 0.3) is 10.8 Å². The first-order chi connectivity index (χ1) is 8.69. The molecule has 0 aliphatic carbocycles. The van der Waals surface area contributed by atoms with E-state index in [1.165, 1.54) is 11.7 Å². The molecule has 0 saturated heterocycles. The number of carbonyl (C=O) groups excluding carboxylic acids is 1. The second-order valence-electron chi connectivity index (χ2n) is 4.06. The highest BCUT2D eigenvalue weighted by Crippen LogP contribution is 2.14. The molecule has 1 atom stereocenters. The maximum Gasteiger partial charge on any atom is 0.328 e. The van der Waals surface area contributed by atoms with Crippen molar-refractivity contribution in [2.24, 2.45) is 0 Å². The molecule has 1 aromatic heterocycles. The summed E-state index contributed by atoms with van der Waals surface area (Å²) in [6.07, 6.45) is 2.17. The average Bonchev–Trinajstić information content (AvgIpc) is 2.42. The standard InChI is InChI=1S/C14H15NO3/c1-3-12(14(17)18-2)15-9-8-10-6-4-5-7-11(10)13(15)16/h4-9,12H,3H2,1-2H3. The first-order valence-corrected chi connectivity index (χ1v) is 5.86. The third-order valence-electron chi connectivity index (χ3n) is 3.04. The number of ether oxygens (including phenoxy) is 1. The van der Waals surface area contributed by atoms with Crippen LogP contribution in [0.1, 0.15) is 19.4 Å². The van der Waals surface area contributed by atoms with E-state index in [4.69, 9.17) is 4.74 Å². The summed E-state index contributed by atoms with van der Waals surface area (Å²) in [6.45, 7) is 1.85. The summed E-state index contributed by atoms with van der Waals surface area (Å²) in [5.41, 5.74) is -0.162. The van der Waals surface area contributed by atoms with Crippen LogP contribution in [0.5, 0.6) is 0 Å². The number of nitrogens with zero attached hydrogens (tertiary/aromatic N) is 1. The van der Waals surface area contributed by atoms with E-state index < -0.39 is 12.0 Å². The molecule has 0 aliphatic rings. The first-order valence-electron chi connectivity index (χ1n) is 5.86. The number of pyridine rings is 1. The van der Waals surface area contributed by atoms with Gasteiger partial charge in [0.15, 0.2) is 0 Å². The van der Waals surface area contributed by atoms with E-state index in [0.29, 0.717) is 11.8 Å². The van der Waals surface area contributed by atoms with Crippen LogP contribution >= 0.6 is 0 Å². The molecule has 94 valence electrons. The second kappa shape index (κ2) is 5.04. The van der Waals surface area contributed by atoms with Gasteiger partial charge < -0.3 is 9.30 Å². The summed E-state index contributed by atoms with van der Waals surface area (Å²) in [5, 5.41) is 1.49. The lowest BCUT2D eigenvalue weighted by Crippen LogP contribution is -2.29. The van der Waals surface area contributed by atoms with Crippen molar-refractivity contribution < 1.29 is 9.53 Å². The highest BCUT2D eigenvalue weighted by molar-refractivity contribution is 5.82. The van der Waals surface area contributed by atoms with Gasteiger partial charge in [-0.3, -0.25) is 4.79 Å². The number of hydrogen-bond acceptors (Lipinski definition) is 3. The molecule has 4 nitrogen and oxygen atoms in total. The first kappa shape index (κ1) is 12.4. The Labute approximate surface area is 105 Å². The maximum absolute atomic E-state index is 12.3. The summed E-state index contributed by atoms with van der Waals surface area (Å²) in [4.78, 5) is 24.0. The minimum Gasteiger partial charge on any atom is -0.467 e. The van der Waals surface area contributed by atoms with E-state index >= 15 is 0 Å². The molecule has 0 aliphatic heterocycles. The molecule has 0 radical (unpaired) electrons. The van der Waals surface area contributed by atoms with Gasteiger partial charge in [-0.25, -0.2) is 4.79 Å². The Morgan fingerprint density at radius 1 is 1.33 bits per heavy atom. The number of methoxy groups -OCH3 is 1. The number of esters is 1. The zero-order valence-corrected chi connectivity index (χ0v) is 10.4. The van der Waals surface area contributed by atoms with E-state index in [0.717, 1.165) is 5.39 Å². The van der Waals surface area contributed by atoms with Gasteiger partial charge in [0.05, 0.1) is 7.11 Å². The lowest BCUT2D eigenvalue weighted by molar-refractivity contribution is -0.144. The third-order valence-corrected chi connectivity index (χ3v) is 3.04. The number of aromatic nitrogens is 1. The Balaban J connectivity index is 2.61. The van der Waals surface area contributed by atoms with Crippen LogP contribution in [-0.2, 0) is 9.53 Å². The number of carbonyl (C=O) groups is 1. The minimum absolute atomic E-state index is 0.162. The number of hydrogen-bond donors (Lipinski definition) is 0. The van der Waals surface area contributed by atoms with Crippen LogP contribution in [0.3, 0.4) is 0 Å². The summed E-state index contributed by atoms with van der Waals surface area (Å²) in [6, 6.07) is 8.60. The lowest BCUT2D eigenvalue weighted by Gasteiger charge is -2.16. The Hall–Kier alpha value is -2.10. The fourth-order valence-corrected chi connectivity index (χ4v) is 2.06. The summed E-state index contributed by atoms with van der Waals surface area (Å²) < 4.78 is 6.16. The van der Waals surface area contributed by atoms with Gasteiger partial charge in [0, 0.05) is 11.6 Å². The van der Waals surface area contributed by atoms with Gasteiger partial charge in [-0.05, 0) is 23.9 Å². The molecule has 1 aromatic carbocycles. The molecule has 18 heavy (non-hydrogen) atoms. The zero-order chi connectivity index (χ0) is 13.1. The van der Waals surface area contributed by atoms with Crippen LogP contribution in [0.2, 0.25) is 0 Å². The van der Waals surface area contributed by atoms with Crippen LogP contribution in [-0.4, -0.2) is 17.6 Å². The number of fused-ring (bicyclic) bond motifs is 1. The Bertz CT molecular complexity index is 630. The van der Waals surface area contributed by atoms with E-state index in [1.54, 1.807) is 12.3 Å². The summed E-state index contributed by atoms with van der Waals surface area (Å²) in [7, 11) is 1.33. The van der Waals surface area contributed by atoms with Crippen LogP contribution in [0.15, 0.2) is 41.3 Å². The molecule has 4 heteroatoms. The Morgan fingerprint density at radius 3 is 2.72 bits per heavy atom. The van der Waals surface area contributed by atoms with Gasteiger partial charge in [-0.1, -0.05) is 25.1 Å². The van der Waals surface area contributed by atoms with E-state index in [-0.39, 0.29) is 5.56 Å². The van der Waals surface area contributed by atoms with Crippen LogP contribution in [0, 0.1) is 0 Å². The van der Waals surface area contributed by atoms with Crippen LogP contribution in [0.4, 0.5) is 0 Å². The normalized spacial score (nSPS) is 12.3. The van der Waals surface area contributed by atoms with Gasteiger partial charge >= 0.3 is 5.97 Å². The van der Waals surface area contributed by atoms with Crippen molar-refractivity contribution in [1.82, 2.24) is 4.57 Å². The van der Waals surface area contributed by atoms with Gasteiger partial charge in [0.25, 0.3) is 5.56 Å². The summed E-state index contributed by atoms with van der Waals surface area (Å²) >= 11 is 0. The highest BCUT2D eigenvalue weighted by Gasteiger charge is 2.20. The van der Waals surface area contributed by atoms with E-state index in [2.05, 4.69) is 0 Å². The molecule has 0 N–H and O–H groups in total. The van der Waals surface area contributed by atoms with Crippen LogP contribution < -0.4 is 5.56 Å². The van der Waals surface area contributed by atoms with Crippen molar-refractivity contribution in [3.63, 3.8) is 0 Å². The second-order valence-corrected chi connectivity index (χ2v) is 4.06. The molecule has 2 rings (SSSR count). The number of benzene rings is 1. The average molecular weight is 245 g/mol. The molecule has 1 unspecified atom stereocenters. The zero-order valence-electron chi connectivity index (χ0n) is 10.4. The van der Waals surface area contributed by atoms with Gasteiger partial charge in [-0.2, -0.15) is 0 Å². The van der Waals surface area contributed by atoms with Crippen molar-refractivity contribution in [3.8, 4) is 0 Å². The number of rotatable bonds is 3. The predicted octanol–water partition coefficient (Wildman–Crippen LogP) is 2.13. The topological polar surface area (TPSA) is 48.3 Å². The highest BCUT2D eigenvalue weighted by atomic mass is 16.5. The molecule has 0 spiro atoms. The van der Waals surface area contributed by atoms with Gasteiger partial charge in [0.2, 0.25) is 0 Å². The minimum atomic E-state index is -0.563. The van der Waals surface area contributed by atoms with Crippen molar-refractivity contribution in [2.75, 3.05) is 7.11 Å². The quantitative estimate of drug-likeness (QED) is 0.778. The third kappa shape index (κ3) is 2.01. The Morgan fingerprint density at radius 2 is 2.06 bits per heavy atom. The van der Waals surface area contributed by atoms with Gasteiger partial charge in [0.1, 0.15) is 6.04 Å². The Kier molecular flexibility index (Phi) is 3.46.